The molecular weight excluding hydrogens is 415 g/mol. The molecule has 2 aromatic carbocycles. The van der Waals surface area contributed by atoms with Gasteiger partial charge in [0, 0.05) is 12.1 Å². The number of hydrogen-bond donors (Lipinski definition) is 0. The maximum atomic E-state index is 12.7. The fourth-order valence-electron chi connectivity index (χ4n) is 2.08. The van der Waals surface area contributed by atoms with Crippen LogP contribution in [0.15, 0.2) is 47.7 Å². The second kappa shape index (κ2) is 8.52. The number of nitro benzene ring substituents is 1. The van der Waals surface area contributed by atoms with Crippen molar-refractivity contribution in [2.75, 3.05) is 0 Å². The van der Waals surface area contributed by atoms with Crippen LogP contribution in [-0.2, 0) is 10.9 Å². The highest BCUT2D eigenvalue weighted by Crippen LogP contribution is 2.37. The number of nitro groups is 1. The van der Waals surface area contributed by atoms with Gasteiger partial charge in [0.25, 0.3) is 5.69 Å². The molecule has 0 aliphatic heterocycles. The van der Waals surface area contributed by atoms with Crippen LogP contribution in [0.5, 0.6) is 11.5 Å². The van der Waals surface area contributed by atoms with Gasteiger partial charge in [-0.2, -0.15) is 13.2 Å². The van der Waals surface area contributed by atoms with E-state index in [0.717, 1.165) is 24.3 Å². The lowest BCUT2D eigenvalue weighted by atomic mass is 10.1. The first-order valence-corrected chi connectivity index (χ1v) is 8.47. The minimum absolute atomic E-state index is 0.0425. The number of alkyl halides is 3. The van der Waals surface area contributed by atoms with Crippen molar-refractivity contribution in [3.05, 3.63) is 74.0 Å². The Bertz CT molecular complexity index is 998. The Balaban J connectivity index is 2.39. The van der Waals surface area contributed by atoms with E-state index in [9.17, 15) is 28.1 Å². The summed E-state index contributed by atoms with van der Waals surface area (Å²) < 4.78 is 48.7. The number of benzene rings is 2. The first-order valence-electron chi connectivity index (χ1n) is 8.09. The Morgan fingerprint density at radius 1 is 1.10 bits per heavy atom. The van der Waals surface area contributed by atoms with Gasteiger partial charge in [-0.25, -0.2) is 4.79 Å². The molecule has 0 aliphatic rings. The van der Waals surface area contributed by atoms with Crippen LogP contribution in [-0.4, -0.2) is 10.9 Å². The van der Waals surface area contributed by atoms with Crippen molar-refractivity contribution >= 4 is 23.3 Å². The summed E-state index contributed by atoms with van der Waals surface area (Å²) in [5.41, 5.74) is -1.15. The Morgan fingerprint density at radius 3 is 2.28 bits per heavy atom. The summed E-state index contributed by atoms with van der Waals surface area (Å²) in [5, 5.41) is 10.9. The van der Waals surface area contributed by atoms with Gasteiger partial charge in [0.05, 0.1) is 15.5 Å². The molecule has 0 bridgehead atoms. The normalized spacial score (nSPS) is 11.0. The smallest absolute Gasteiger partial charge is 0.416 e. The Labute approximate surface area is 168 Å². The Hall–Kier alpha value is -3.07. The summed E-state index contributed by atoms with van der Waals surface area (Å²) >= 11 is 5.84. The lowest BCUT2D eigenvalue weighted by molar-refractivity contribution is -0.385. The zero-order valence-corrected chi connectivity index (χ0v) is 16.2. The highest BCUT2D eigenvalue weighted by atomic mass is 35.5. The summed E-state index contributed by atoms with van der Waals surface area (Å²) in [5.74, 6) is -0.854. The SMILES string of the molecule is CC(C)=C(C)OC(=O)c1cc(Oc2ccc(C(F)(F)F)cc2Cl)ccc1[N+](=O)[O-]. The lowest BCUT2D eigenvalue weighted by Crippen LogP contribution is -2.08. The predicted octanol–water partition coefficient (Wildman–Crippen LogP) is 6.53. The summed E-state index contributed by atoms with van der Waals surface area (Å²) in [4.78, 5) is 22.8. The molecule has 0 amide bonds. The zero-order valence-electron chi connectivity index (χ0n) is 15.5. The number of carbonyl (C=O) groups is 1. The van der Waals surface area contributed by atoms with Crippen LogP contribution in [0.3, 0.4) is 0 Å². The van der Waals surface area contributed by atoms with E-state index in [4.69, 9.17) is 21.1 Å². The molecule has 154 valence electrons. The number of nitrogens with zero attached hydrogens (tertiary/aromatic N) is 1. The van der Waals surface area contributed by atoms with E-state index in [-0.39, 0.29) is 27.8 Å². The van der Waals surface area contributed by atoms with Gasteiger partial charge in [-0.1, -0.05) is 11.6 Å². The molecule has 0 unspecified atom stereocenters. The molecule has 0 saturated carbocycles. The van der Waals surface area contributed by atoms with Gasteiger partial charge in [0.2, 0.25) is 0 Å². The molecule has 0 atom stereocenters. The van der Waals surface area contributed by atoms with E-state index in [1.165, 1.54) is 13.0 Å². The van der Waals surface area contributed by atoms with Gasteiger partial charge >= 0.3 is 12.1 Å². The monoisotopic (exact) mass is 429 g/mol. The van der Waals surface area contributed by atoms with Crippen molar-refractivity contribution in [1.29, 1.82) is 0 Å². The molecule has 0 aliphatic carbocycles. The van der Waals surface area contributed by atoms with E-state index >= 15 is 0 Å². The molecule has 2 rings (SSSR count). The van der Waals surface area contributed by atoms with Crippen molar-refractivity contribution in [3.8, 4) is 11.5 Å². The molecule has 0 radical (unpaired) electrons. The third-order valence-electron chi connectivity index (χ3n) is 3.82. The third kappa shape index (κ3) is 5.47. The first kappa shape index (κ1) is 22.2. The maximum Gasteiger partial charge on any atom is 0.416 e. The van der Waals surface area contributed by atoms with E-state index in [1.54, 1.807) is 13.8 Å². The number of halogens is 4. The topological polar surface area (TPSA) is 78.7 Å². The molecule has 10 heteroatoms. The molecule has 0 N–H and O–H groups in total. The first-order chi connectivity index (χ1) is 13.4. The van der Waals surface area contributed by atoms with Crippen LogP contribution >= 0.6 is 11.6 Å². The fourth-order valence-corrected chi connectivity index (χ4v) is 2.30. The van der Waals surface area contributed by atoms with Crippen molar-refractivity contribution in [1.82, 2.24) is 0 Å². The van der Waals surface area contributed by atoms with Crippen LogP contribution in [0, 0.1) is 10.1 Å². The lowest BCUT2D eigenvalue weighted by Gasteiger charge is -2.12. The largest absolute Gasteiger partial charge is 0.456 e. The number of allylic oxidation sites excluding steroid dienone is 2. The van der Waals surface area contributed by atoms with Gasteiger partial charge in [-0.3, -0.25) is 10.1 Å². The summed E-state index contributed by atoms with van der Waals surface area (Å²) in [6.07, 6.45) is -4.57. The quantitative estimate of drug-likeness (QED) is 0.233. The number of ether oxygens (including phenoxy) is 2. The van der Waals surface area contributed by atoms with Crippen molar-refractivity contribution in [3.63, 3.8) is 0 Å². The molecule has 0 fully saturated rings. The summed E-state index contributed by atoms with van der Waals surface area (Å²) in [6, 6.07) is 5.76. The van der Waals surface area contributed by atoms with Crippen LogP contribution in [0.4, 0.5) is 18.9 Å². The highest BCUT2D eigenvalue weighted by Gasteiger charge is 2.31. The van der Waals surface area contributed by atoms with Gasteiger partial charge in [0.15, 0.2) is 0 Å². The predicted molar refractivity (Wildman–Crippen MR) is 99.1 cm³/mol. The third-order valence-corrected chi connectivity index (χ3v) is 4.12. The van der Waals surface area contributed by atoms with E-state index in [1.807, 2.05) is 0 Å². The summed E-state index contributed by atoms with van der Waals surface area (Å²) in [6.45, 7) is 4.92. The van der Waals surface area contributed by atoms with Crippen molar-refractivity contribution < 1.29 is 32.4 Å². The van der Waals surface area contributed by atoms with E-state index in [2.05, 4.69) is 0 Å². The van der Waals surface area contributed by atoms with Gasteiger partial charge in [0.1, 0.15) is 22.8 Å². The fraction of sp³-hybridized carbons (Fsp3) is 0.211. The average molecular weight is 430 g/mol. The minimum Gasteiger partial charge on any atom is -0.456 e. The maximum absolute atomic E-state index is 12.7. The highest BCUT2D eigenvalue weighted by molar-refractivity contribution is 6.32. The molecule has 0 spiro atoms. The zero-order chi connectivity index (χ0) is 21.9. The van der Waals surface area contributed by atoms with Crippen LogP contribution in [0.25, 0.3) is 0 Å². The van der Waals surface area contributed by atoms with Gasteiger partial charge < -0.3 is 9.47 Å². The van der Waals surface area contributed by atoms with Gasteiger partial charge in [-0.15, -0.1) is 0 Å². The second-order valence-electron chi connectivity index (χ2n) is 6.13. The van der Waals surface area contributed by atoms with Crippen molar-refractivity contribution in [2.24, 2.45) is 0 Å². The number of esters is 1. The minimum atomic E-state index is -4.57. The molecule has 2 aromatic rings. The van der Waals surface area contributed by atoms with Crippen LogP contribution in [0.1, 0.15) is 36.7 Å². The van der Waals surface area contributed by atoms with E-state index < -0.39 is 28.3 Å². The number of hydrogen-bond acceptors (Lipinski definition) is 5. The summed E-state index contributed by atoms with van der Waals surface area (Å²) in [7, 11) is 0. The standard InChI is InChI=1S/C19H15ClF3NO5/c1-10(2)11(3)28-18(25)14-9-13(5-6-16(14)24(26)27)29-17-7-4-12(8-15(17)20)19(21,22)23/h4-9H,1-3H3. The number of carbonyl (C=O) groups excluding carboxylic acids is 1. The van der Waals surface area contributed by atoms with E-state index in [0.29, 0.717) is 11.6 Å². The van der Waals surface area contributed by atoms with Crippen molar-refractivity contribution in [2.45, 2.75) is 26.9 Å². The molecule has 6 nitrogen and oxygen atoms in total. The Kier molecular flexibility index (Phi) is 6.53. The average Bonchev–Trinajstić information content (AvgIpc) is 2.62. The number of rotatable bonds is 5. The molecule has 0 heterocycles. The van der Waals surface area contributed by atoms with Crippen LogP contribution in [0.2, 0.25) is 5.02 Å². The second-order valence-corrected chi connectivity index (χ2v) is 6.53. The Morgan fingerprint density at radius 2 is 1.76 bits per heavy atom. The molecule has 0 saturated heterocycles. The molecule has 0 aromatic heterocycles. The molecular formula is C19H15ClF3NO5. The van der Waals surface area contributed by atoms with Crippen LogP contribution < -0.4 is 4.74 Å². The van der Waals surface area contributed by atoms with Gasteiger partial charge in [-0.05, 0) is 50.6 Å². The molecule has 29 heavy (non-hydrogen) atoms.